The molecule has 0 spiro atoms. The Morgan fingerprint density at radius 3 is 2.90 bits per heavy atom. The maximum atomic E-state index is 12.2. The van der Waals surface area contributed by atoms with E-state index in [-0.39, 0.29) is 17.9 Å². The number of aromatic amines is 1. The fraction of sp³-hybridized carbons (Fsp3) is 0.333. The first kappa shape index (κ1) is 12.9. The predicted octanol–water partition coefficient (Wildman–Crippen LogP) is 2.44. The summed E-state index contributed by atoms with van der Waals surface area (Å²) in [6.45, 7) is 2.68. The van der Waals surface area contributed by atoms with Gasteiger partial charge in [0.05, 0.1) is 17.6 Å². The van der Waals surface area contributed by atoms with E-state index < -0.39 is 0 Å². The topological polar surface area (TPSA) is 67.0 Å². The molecule has 2 N–H and O–H groups in total. The van der Waals surface area contributed by atoms with Crippen molar-refractivity contribution < 1.29 is 9.53 Å². The maximum Gasteiger partial charge on any atom is 0.253 e. The number of carbonyl (C=O) groups excluding carboxylic acids is 1. The molecule has 5 heteroatoms. The van der Waals surface area contributed by atoms with Crippen LogP contribution >= 0.6 is 0 Å². The van der Waals surface area contributed by atoms with Gasteiger partial charge in [-0.15, -0.1) is 0 Å². The van der Waals surface area contributed by atoms with Crippen LogP contribution in [0, 0.1) is 5.92 Å². The number of amides is 1. The summed E-state index contributed by atoms with van der Waals surface area (Å²) in [6, 6.07) is 9.79. The van der Waals surface area contributed by atoms with E-state index in [0.29, 0.717) is 12.3 Å². The van der Waals surface area contributed by atoms with E-state index in [4.69, 9.17) is 4.74 Å². The Morgan fingerprint density at radius 1 is 1.40 bits per heavy atom. The van der Waals surface area contributed by atoms with Crippen molar-refractivity contribution in [3.05, 3.63) is 36.5 Å². The van der Waals surface area contributed by atoms with E-state index >= 15 is 0 Å². The van der Waals surface area contributed by atoms with Crippen LogP contribution in [0.4, 0.5) is 5.69 Å². The third kappa shape index (κ3) is 2.44. The van der Waals surface area contributed by atoms with Crippen LogP contribution in [0.25, 0.3) is 11.3 Å². The maximum absolute atomic E-state index is 12.2. The molecule has 5 nitrogen and oxygen atoms in total. The SMILES string of the molecule is C[C@@H]1CCO[C@@H]1C(=O)Nc1cn[nH]c1-c1ccccc1. The second kappa shape index (κ2) is 5.46. The summed E-state index contributed by atoms with van der Waals surface area (Å²) in [5, 5.41) is 9.84. The van der Waals surface area contributed by atoms with Crippen molar-refractivity contribution in [2.75, 3.05) is 11.9 Å². The smallest absolute Gasteiger partial charge is 0.253 e. The molecule has 1 aliphatic rings. The van der Waals surface area contributed by atoms with E-state index in [1.54, 1.807) is 6.20 Å². The molecule has 0 bridgehead atoms. The molecule has 2 heterocycles. The van der Waals surface area contributed by atoms with Crippen LogP contribution in [-0.4, -0.2) is 28.8 Å². The number of anilines is 1. The van der Waals surface area contributed by atoms with Gasteiger partial charge >= 0.3 is 0 Å². The zero-order chi connectivity index (χ0) is 13.9. The third-order valence-corrected chi connectivity index (χ3v) is 3.61. The van der Waals surface area contributed by atoms with Crippen LogP contribution in [0.5, 0.6) is 0 Å². The molecular formula is C15H17N3O2. The Balaban J connectivity index is 1.79. The summed E-state index contributed by atoms with van der Waals surface area (Å²) < 4.78 is 5.48. The highest BCUT2D eigenvalue weighted by atomic mass is 16.5. The molecule has 0 radical (unpaired) electrons. The monoisotopic (exact) mass is 271 g/mol. The highest BCUT2D eigenvalue weighted by molar-refractivity contribution is 5.97. The second-order valence-corrected chi connectivity index (χ2v) is 5.07. The number of benzene rings is 1. The lowest BCUT2D eigenvalue weighted by Crippen LogP contribution is -2.31. The Labute approximate surface area is 117 Å². The highest BCUT2D eigenvalue weighted by Crippen LogP contribution is 2.27. The third-order valence-electron chi connectivity index (χ3n) is 3.61. The minimum atomic E-state index is -0.367. The van der Waals surface area contributed by atoms with Gasteiger partial charge in [0.25, 0.3) is 5.91 Å². The lowest BCUT2D eigenvalue weighted by Gasteiger charge is -2.14. The molecule has 104 valence electrons. The molecule has 2 aromatic rings. The van der Waals surface area contributed by atoms with Crippen LogP contribution in [-0.2, 0) is 9.53 Å². The molecule has 20 heavy (non-hydrogen) atoms. The van der Waals surface area contributed by atoms with Crippen LogP contribution in [0.1, 0.15) is 13.3 Å². The van der Waals surface area contributed by atoms with Gasteiger partial charge in [-0.1, -0.05) is 37.3 Å². The number of nitrogens with zero attached hydrogens (tertiary/aromatic N) is 1. The highest BCUT2D eigenvalue weighted by Gasteiger charge is 2.31. The Hall–Kier alpha value is -2.14. The number of H-pyrrole nitrogens is 1. The first-order valence-electron chi connectivity index (χ1n) is 6.77. The summed E-state index contributed by atoms with van der Waals surface area (Å²) in [5.74, 6) is 0.149. The molecule has 1 fully saturated rings. The van der Waals surface area contributed by atoms with Gasteiger partial charge in [-0.3, -0.25) is 9.89 Å². The Kier molecular flexibility index (Phi) is 3.52. The average Bonchev–Trinajstić information content (AvgIpc) is 3.08. The number of nitrogens with one attached hydrogen (secondary N) is 2. The number of aromatic nitrogens is 2. The van der Waals surface area contributed by atoms with Gasteiger partial charge < -0.3 is 10.1 Å². The summed E-state index contributed by atoms with van der Waals surface area (Å²) >= 11 is 0. The first-order chi connectivity index (χ1) is 9.75. The molecular weight excluding hydrogens is 254 g/mol. The number of ether oxygens (including phenoxy) is 1. The summed E-state index contributed by atoms with van der Waals surface area (Å²) in [4.78, 5) is 12.2. The fourth-order valence-corrected chi connectivity index (χ4v) is 2.44. The van der Waals surface area contributed by atoms with E-state index in [9.17, 15) is 4.79 Å². The predicted molar refractivity (Wildman–Crippen MR) is 76.2 cm³/mol. The van der Waals surface area contributed by atoms with Gasteiger partial charge in [0.15, 0.2) is 0 Å². The van der Waals surface area contributed by atoms with Gasteiger partial charge in [0.2, 0.25) is 0 Å². The minimum Gasteiger partial charge on any atom is -0.368 e. The van der Waals surface area contributed by atoms with Crippen molar-refractivity contribution in [3.63, 3.8) is 0 Å². The van der Waals surface area contributed by atoms with Crippen LogP contribution < -0.4 is 5.32 Å². The van der Waals surface area contributed by atoms with Gasteiger partial charge in [-0.2, -0.15) is 5.10 Å². The van der Waals surface area contributed by atoms with E-state index in [2.05, 4.69) is 15.5 Å². The van der Waals surface area contributed by atoms with E-state index in [1.807, 2.05) is 37.3 Å². The number of hydrogen-bond donors (Lipinski definition) is 2. The average molecular weight is 271 g/mol. The molecule has 1 aromatic carbocycles. The lowest BCUT2D eigenvalue weighted by molar-refractivity contribution is -0.126. The fourth-order valence-electron chi connectivity index (χ4n) is 2.44. The number of hydrogen-bond acceptors (Lipinski definition) is 3. The zero-order valence-corrected chi connectivity index (χ0v) is 11.3. The largest absolute Gasteiger partial charge is 0.368 e. The minimum absolute atomic E-state index is 0.103. The van der Waals surface area contributed by atoms with Crippen molar-refractivity contribution in [2.24, 2.45) is 5.92 Å². The standard InChI is InChI=1S/C15H17N3O2/c1-10-7-8-20-14(10)15(19)17-12-9-16-18-13(12)11-5-3-2-4-6-11/h2-6,9-10,14H,7-8H2,1H3,(H,16,18)(H,17,19)/t10-,14+/m1/s1. The van der Waals surface area contributed by atoms with Gasteiger partial charge in [-0.05, 0) is 12.3 Å². The van der Waals surface area contributed by atoms with Crippen LogP contribution in [0.15, 0.2) is 36.5 Å². The van der Waals surface area contributed by atoms with Gasteiger partial charge in [0, 0.05) is 12.2 Å². The summed E-state index contributed by atoms with van der Waals surface area (Å²) in [7, 11) is 0. The molecule has 0 saturated carbocycles. The van der Waals surface area contributed by atoms with Crippen LogP contribution in [0.2, 0.25) is 0 Å². The first-order valence-corrected chi connectivity index (χ1v) is 6.77. The molecule has 1 saturated heterocycles. The molecule has 0 unspecified atom stereocenters. The molecule has 1 aromatic heterocycles. The molecule has 1 amide bonds. The number of rotatable bonds is 3. The van der Waals surface area contributed by atoms with Gasteiger partial charge in [0.1, 0.15) is 6.10 Å². The Morgan fingerprint density at radius 2 is 2.20 bits per heavy atom. The van der Waals surface area contributed by atoms with Crippen molar-refractivity contribution in [3.8, 4) is 11.3 Å². The molecule has 3 rings (SSSR count). The van der Waals surface area contributed by atoms with Gasteiger partial charge in [-0.25, -0.2) is 0 Å². The van der Waals surface area contributed by atoms with Crippen molar-refractivity contribution in [1.29, 1.82) is 0 Å². The zero-order valence-electron chi connectivity index (χ0n) is 11.3. The van der Waals surface area contributed by atoms with Crippen LogP contribution in [0.3, 0.4) is 0 Å². The molecule has 0 aliphatic carbocycles. The normalized spacial score (nSPS) is 21.9. The van der Waals surface area contributed by atoms with E-state index in [0.717, 1.165) is 17.7 Å². The Bertz CT molecular complexity index is 594. The van der Waals surface area contributed by atoms with Crippen molar-refractivity contribution in [2.45, 2.75) is 19.4 Å². The molecule has 2 atom stereocenters. The summed E-state index contributed by atoms with van der Waals surface area (Å²) in [5.41, 5.74) is 2.48. The lowest BCUT2D eigenvalue weighted by atomic mass is 10.0. The van der Waals surface area contributed by atoms with Crippen molar-refractivity contribution in [1.82, 2.24) is 10.2 Å². The second-order valence-electron chi connectivity index (χ2n) is 5.07. The van der Waals surface area contributed by atoms with E-state index in [1.165, 1.54) is 0 Å². The molecule has 1 aliphatic heterocycles. The van der Waals surface area contributed by atoms with Crippen molar-refractivity contribution >= 4 is 11.6 Å². The number of carbonyl (C=O) groups is 1. The quantitative estimate of drug-likeness (QED) is 0.901. The summed E-state index contributed by atoms with van der Waals surface area (Å²) in [6.07, 6.45) is 2.18.